The minimum atomic E-state index is -0.637. The Labute approximate surface area is 237 Å². The van der Waals surface area contributed by atoms with Crippen molar-refractivity contribution in [1.82, 2.24) is 0 Å². The van der Waals surface area contributed by atoms with Crippen molar-refractivity contribution >= 4 is 0 Å². The third-order valence-corrected chi connectivity index (χ3v) is 7.00. The molecule has 7 heteroatoms. The van der Waals surface area contributed by atoms with Gasteiger partial charge in [0.2, 0.25) is 0 Å². The molecule has 2 N–H and O–H groups in total. The van der Waals surface area contributed by atoms with Gasteiger partial charge in [-0.15, -0.1) is 0 Å². The maximum Gasteiger partial charge on any atom is 1.00 e. The van der Waals surface area contributed by atoms with E-state index in [2.05, 4.69) is 41.5 Å². The molecule has 0 amide bonds. The summed E-state index contributed by atoms with van der Waals surface area (Å²) in [6, 6.07) is 10.1. The molecular weight excluding hydrogens is 435 g/mol. The largest absolute Gasteiger partial charge is 1.00 e. The molecule has 32 heavy (non-hydrogen) atoms. The molecule has 4 unspecified atom stereocenters. The first-order valence-corrected chi connectivity index (χ1v) is 11.2. The van der Waals surface area contributed by atoms with E-state index in [-0.39, 0.29) is 75.4 Å². The van der Waals surface area contributed by atoms with E-state index in [9.17, 15) is 5.11 Å². The van der Waals surface area contributed by atoms with Gasteiger partial charge in [0.1, 0.15) is 0 Å². The van der Waals surface area contributed by atoms with Crippen molar-refractivity contribution in [2.45, 2.75) is 72.4 Å². The van der Waals surface area contributed by atoms with Gasteiger partial charge in [-0.3, -0.25) is 0 Å². The molecule has 0 aromatic heterocycles. The fourth-order valence-electron chi connectivity index (χ4n) is 4.09. The number of hydrogen-bond donors (Lipinski definition) is 1. The Hall–Kier alpha value is 0.616. The van der Waals surface area contributed by atoms with E-state index >= 15 is 0 Å². The molecule has 1 aromatic rings. The summed E-state index contributed by atoms with van der Waals surface area (Å²) in [6.07, 6.45) is 0.0740. The molecule has 3 rings (SSSR count). The minimum Gasteiger partial charge on any atom is -0.870 e. The van der Waals surface area contributed by atoms with Gasteiger partial charge >= 0.3 is 51.4 Å². The van der Waals surface area contributed by atoms with Gasteiger partial charge in [-0.2, -0.15) is 0 Å². The molecule has 1 aromatic carbocycles. The van der Waals surface area contributed by atoms with Crippen molar-refractivity contribution in [1.29, 1.82) is 0 Å². The first-order chi connectivity index (χ1) is 14.2. The maximum atomic E-state index is 9.61. The van der Waals surface area contributed by atoms with Crippen molar-refractivity contribution in [3.63, 3.8) is 0 Å². The Morgan fingerprint density at radius 2 is 1.59 bits per heavy atom. The molecule has 2 saturated heterocycles. The van der Waals surface area contributed by atoms with E-state index < -0.39 is 6.29 Å². The number of aliphatic hydroxyl groups is 1. The van der Waals surface area contributed by atoms with E-state index in [0.29, 0.717) is 42.8 Å². The average molecular weight is 478 g/mol. The van der Waals surface area contributed by atoms with Crippen LogP contribution >= 0.6 is 0 Å². The first-order valence-electron chi connectivity index (χ1n) is 11.2. The van der Waals surface area contributed by atoms with E-state index in [1.165, 1.54) is 0 Å². The van der Waals surface area contributed by atoms with Gasteiger partial charge in [0.15, 0.2) is 12.6 Å². The van der Waals surface area contributed by atoms with Crippen LogP contribution in [0.1, 0.15) is 46.6 Å². The summed E-state index contributed by atoms with van der Waals surface area (Å²) >= 11 is 0. The second-order valence-electron chi connectivity index (χ2n) is 9.06. The number of benzene rings is 1. The molecule has 2 aliphatic heterocycles. The van der Waals surface area contributed by atoms with Crippen LogP contribution in [0.15, 0.2) is 30.3 Å². The molecule has 180 valence electrons. The van der Waals surface area contributed by atoms with Crippen LogP contribution in [0, 0.1) is 36.5 Å². The summed E-state index contributed by atoms with van der Waals surface area (Å²) < 4.78 is 22.1. The normalized spacial score (nSPS) is 36.7. The van der Waals surface area contributed by atoms with E-state index in [4.69, 9.17) is 18.9 Å². The average Bonchev–Trinajstić information content (AvgIpc) is 2.74. The van der Waals surface area contributed by atoms with Crippen molar-refractivity contribution in [3.05, 3.63) is 42.8 Å². The quantitative estimate of drug-likeness (QED) is 0.511. The van der Waals surface area contributed by atoms with Crippen LogP contribution in [0.25, 0.3) is 0 Å². The van der Waals surface area contributed by atoms with Gasteiger partial charge in [0.25, 0.3) is 0 Å². The third-order valence-electron chi connectivity index (χ3n) is 7.00. The summed E-state index contributed by atoms with van der Waals surface area (Å²) in [5.74, 6) is 2.49. The summed E-state index contributed by atoms with van der Waals surface area (Å²) in [5.41, 5.74) is 1.16. The third kappa shape index (κ3) is 9.70. The molecule has 2 fully saturated rings. The standard InChI is InChI=1S/C15H22O3.C10H19O2.K.H2O/c1-11-8-15(16)18-14(12(11)2)10-17-9-13-6-4-3-5-7-13;1-6-7(2)9(4)12-10(11-5)8(6)3;;/h3-7,11-12,14-16H,8-10H2,1-2H3;6-10H,4H2,1-3,5H3;;1H2/q;-1;+1;/p-1/t11-,12+,14?,15?;6-,7-,8?,9?,10-;;/m10../s1. The predicted molar refractivity (Wildman–Crippen MR) is 120 cm³/mol. The van der Waals surface area contributed by atoms with Crippen LogP contribution in [0.2, 0.25) is 0 Å². The Kier molecular flexibility index (Phi) is 16.6. The molecule has 2 aliphatic rings. The topological polar surface area (TPSA) is 87.2 Å². The van der Waals surface area contributed by atoms with E-state index in [1.54, 1.807) is 7.11 Å². The number of rotatable bonds is 5. The van der Waals surface area contributed by atoms with Gasteiger partial charge in [-0.25, -0.2) is 0 Å². The van der Waals surface area contributed by atoms with E-state index in [1.807, 2.05) is 30.3 Å². The second-order valence-corrected chi connectivity index (χ2v) is 9.06. The SMILES string of the molecule is C[C@@H]1CC(O)OC(COCc2ccccc2)[C@H]1C.[CH2-]C1O[C@H](OC)C(C)[C@@H](C)[C@@H]1C.[K+].[OH-]. The van der Waals surface area contributed by atoms with Crippen LogP contribution < -0.4 is 51.4 Å². The monoisotopic (exact) mass is 477 g/mol. The van der Waals surface area contributed by atoms with Gasteiger partial charge < -0.3 is 36.5 Å². The maximum absolute atomic E-state index is 9.61. The molecule has 0 bridgehead atoms. The fraction of sp³-hybridized carbons (Fsp3) is 0.720. The minimum absolute atomic E-state index is 0. The Morgan fingerprint density at radius 3 is 2.19 bits per heavy atom. The number of methoxy groups -OCH3 is 1. The Morgan fingerprint density at radius 1 is 0.969 bits per heavy atom. The summed E-state index contributed by atoms with van der Waals surface area (Å²) in [5, 5.41) is 9.61. The summed E-state index contributed by atoms with van der Waals surface area (Å²) in [4.78, 5) is 0. The summed E-state index contributed by atoms with van der Waals surface area (Å²) in [6.45, 7) is 16.0. The zero-order chi connectivity index (χ0) is 22.3. The Bertz CT molecular complexity index is 599. The molecule has 0 saturated carbocycles. The summed E-state index contributed by atoms with van der Waals surface area (Å²) in [7, 11) is 1.69. The fourth-order valence-corrected chi connectivity index (χ4v) is 4.09. The van der Waals surface area contributed by atoms with Gasteiger partial charge in [0, 0.05) is 19.4 Å². The van der Waals surface area contributed by atoms with Crippen molar-refractivity contribution in [2.75, 3.05) is 13.7 Å². The molecule has 0 radical (unpaired) electrons. The van der Waals surface area contributed by atoms with Gasteiger partial charge in [-0.05, 0) is 29.2 Å². The number of hydrogen-bond acceptors (Lipinski definition) is 6. The van der Waals surface area contributed by atoms with Crippen LogP contribution in [-0.2, 0) is 25.6 Å². The van der Waals surface area contributed by atoms with Crippen LogP contribution in [0.4, 0.5) is 0 Å². The Balaban J connectivity index is 0.000000607. The van der Waals surface area contributed by atoms with Crippen LogP contribution in [-0.4, -0.2) is 49.1 Å². The van der Waals surface area contributed by atoms with Crippen molar-refractivity contribution < 1.29 is 80.9 Å². The van der Waals surface area contributed by atoms with Gasteiger partial charge in [-0.1, -0.05) is 71.1 Å². The molecule has 6 nitrogen and oxygen atoms in total. The number of ether oxygens (including phenoxy) is 4. The first kappa shape index (κ1) is 32.6. The van der Waals surface area contributed by atoms with Gasteiger partial charge in [0.05, 0.1) is 19.3 Å². The predicted octanol–water partition coefficient (Wildman–Crippen LogP) is 1.51. The second kappa shape index (κ2) is 16.3. The zero-order valence-corrected chi connectivity index (χ0v) is 24.1. The van der Waals surface area contributed by atoms with Crippen LogP contribution in [0.3, 0.4) is 0 Å². The van der Waals surface area contributed by atoms with Crippen molar-refractivity contribution in [3.8, 4) is 0 Å². The molecule has 0 aliphatic carbocycles. The molecule has 0 spiro atoms. The number of aliphatic hydroxyl groups excluding tert-OH is 1. The molecule has 2 heterocycles. The molecule has 9 atom stereocenters. The van der Waals surface area contributed by atoms with Crippen LogP contribution in [0.5, 0.6) is 0 Å². The van der Waals surface area contributed by atoms with E-state index in [0.717, 1.165) is 12.0 Å². The smallest absolute Gasteiger partial charge is 0.870 e. The van der Waals surface area contributed by atoms with Crippen molar-refractivity contribution in [2.24, 2.45) is 29.6 Å². The molecular formula is C25H42KO6-. The zero-order valence-electron chi connectivity index (χ0n) is 20.9.